The summed E-state index contributed by atoms with van der Waals surface area (Å²) < 4.78 is 1.90. The number of carbonyl (C=O) groups excluding carboxylic acids is 1. The number of thioether (sulfide) groups is 1. The highest BCUT2D eigenvalue weighted by Gasteiger charge is 2.13. The molecule has 1 unspecified atom stereocenters. The Bertz CT molecular complexity index is 1170. The van der Waals surface area contributed by atoms with Gasteiger partial charge in [0.25, 0.3) is 5.91 Å². The zero-order chi connectivity index (χ0) is 21.1. The number of nitrogens with one attached hydrogen (secondary N) is 1. The first-order valence-electron chi connectivity index (χ1n) is 9.41. The number of nitrogens with zero attached hydrogens (tertiary/aromatic N) is 6. The fourth-order valence-corrected chi connectivity index (χ4v) is 3.87. The van der Waals surface area contributed by atoms with Crippen LogP contribution < -0.4 is 5.32 Å². The summed E-state index contributed by atoms with van der Waals surface area (Å²) in [5.74, 6) is -0.115. The minimum Gasteiger partial charge on any atom is -0.355 e. The van der Waals surface area contributed by atoms with Gasteiger partial charge in [0, 0.05) is 30.5 Å². The van der Waals surface area contributed by atoms with Crippen LogP contribution in [-0.4, -0.2) is 42.7 Å². The van der Waals surface area contributed by atoms with Gasteiger partial charge in [-0.15, -0.1) is 15.3 Å². The summed E-state index contributed by atoms with van der Waals surface area (Å²) in [5, 5.41) is 20.8. The summed E-state index contributed by atoms with van der Waals surface area (Å²) in [4.78, 5) is 13.3. The van der Waals surface area contributed by atoms with Gasteiger partial charge in [0.05, 0.1) is 11.9 Å². The van der Waals surface area contributed by atoms with Gasteiger partial charge in [-0.25, -0.2) is 0 Å². The average Bonchev–Trinajstić information content (AvgIpc) is 3.43. The van der Waals surface area contributed by atoms with Crippen molar-refractivity contribution in [2.24, 2.45) is 7.05 Å². The second-order valence-corrected chi connectivity index (χ2v) is 8.06. The number of carbonyl (C=O) groups is 1. The first-order chi connectivity index (χ1) is 14.5. The zero-order valence-electron chi connectivity index (χ0n) is 16.9. The van der Waals surface area contributed by atoms with Gasteiger partial charge in [0.15, 0.2) is 5.16 Å². The molecule has 0 bridgehead atoms. The lowest BCUT2D eigenvalue weighted by atomic mass is 10.1. The molecule has 2 aromatic carbocycles. The van der Waals surface area contributed by atoms with E-state index < -0.39 is 0 Å². The van der Waals surface area contributed by atoms with E-state index in [2.05, 4.69) is 44.8 Å². The molecule has 0 aliphatic carbocycles. The molecule has 4 rings (SSSR count). The normalized spacial score (nSPS) is 12.0. The first kappa shape index (κ1) is 19.8. The van der Waals surface area contributed by atoms with E-state index in [0.29, 0.717) is 5.56 Å². The van der Waals surface area contributed by atoms with Gasteiger partial charge < -0.3 is 9.88 Å². The molecule has 0 spiro atoms. The standard InChI is InChI=1S/C21H21N7OS/c1-14(30-21-25-23-13-27(21)3)17-5-4-6-18(11-17)28-24-12-19(26-28)15-7-9-16(10-8-15)20(29)22-2/h4-14H,1-3H3,(H,22,29). The Morgan fingerprint density at radius 2 is 1.97 bits per heavy atom. The minimum atomic E-state index is -0.115. The van der Waals surface area contributed by atoms with Gasteiger partial charge in [0.1, 0.15) is 12.0 Å². The molecule has 30 heavy (non-hydrogen) atoms. The smallest absolute Gasteiger partial charge is 0.251 e. The number of hydrogen-bond acceptors (Lipinski definition) is 6. The maximum absolute atomic E-state index is 11.7. The van der Waals surface area contributed by atoms with Crippen LogP contribution in [0.4, 0.5) is 0 Å². The van der Waals surface area contributed by atoms with E-state index in [1.54, 1.807) is 48.3 Å². The van der Waals surface area contributed by atoms with Crippen LogP contribution in [0.2, 0.25) is 0 Å². The van der Waals surface area contributed by atoms with Crippen LogP contribution >= 0.6 is 11.8 Å². The Kier molecular flexibility index (Phi) is 5.62. The Hall–Kier alpha value is -3.46. The Morgan fingerprint density at radius 1 is 1.17 bits per heavy atom. The van der Waals surface area contributed by atoms with E-state index in [1.807, 2.05) is 35.9 Å². The van der Waals surface area contributed by atoms with E-state index >= 15 is 0 Å². The van der Waals surface area contributed by atoms with E-state index in [4.69, 9.17) is 0 Å². The highest BCUT2D eigenvalue weighted by molar-refractivity contribution is 7.99. The van der Waals surface area contributed by atoms with Crippen molar-refractivity contribution in [2.75, 3.05) is 7.05 Å². The SMILES string of the molecule is CNC(=O)c1ccc(-c2cnn(-c3cccc(C(C)Sc4nncn4C)c3)n2)cc1. The molecule has 0 radical (unpaired) electrons. The summed E-state index contributed by atoms with van der Waals surface area (Å²) in [6.07, 6.45) is 3.42. The molecule has 0 fully saturated rings. The van der Waals surface area contributed by atoms with Crippen LogP contribution in [0.25, 0.3) is 16.9 Å². The molecule has 2 aromatic heterocycles. The maximum atomic E-state index is 11.7. The predicted octanol–water partition coefficient (Wildman–Crippen LogP) is 3.28. The van der Waals surface area contributed by atoms with Crippen molar-refractivity contribution < 1.29 is 4.79 Å². The fourth-order valence-electron chi connectivity index (χ4n) is 2.96. The van der Waals surface area contributed by atoms with Gasteiger partial charge in [-0.05, 0) is 36.8 Å². The number of amides is 1. The minimum absolute atomic E-state index is 0.115. The zero-order valence-corrected chi connectivity index (χ0v) is 17.7. The van der Waals surface area contributed by atoms with E-state index in [1.165, 1.54) is 0 Å². The Balaban J connectivity index is 1.54. The van der Waals surface area contributed by atoms with Gasteiger partial charge in [0.2, 0.25) is 0 Å². The largest absolute Gasteiger partial charge is 0.355 e. The predicted molar refractivity (Wildman–Crippen MR) is 115 cm³/mol. The average molecular weight is 420 g/mol. The first-order valence-corrected chi connectivity index (χ1v) is 10.3. The summed E-state index contributed by atoms with van der Waals surface area (Å²) in [5.41, 5.74) is 4.28. The Morgan fingerprint density at radius 3 is 2.67 bits per heavy atom. The van der Waals surface area contributed by atoms with Crippen LogP contribution in [0, 0.1) is 0 Å². The number of hydrogen-bond donors (Lipinski definition) is 1. The van der Waals surface area contributed by atoms with Crippen LogP contribution in [0.5, 0.6) is 0 Å². The van der Waals surface area contributed by atoms with E-state index in [9.17, 15) is 4.79 Å². The van der Waals surface area contributed by atoms with Crippen molar-refractivity contribution >= 4 is 17.7 Å². The molecule has 4 aromatic rings. The quantitative estimate of drug-likeness (QED) is 0.483. The van der Waals surface area contributed by atoms with E-state index in [-0.39, 0.29) is 11.2 Å². The lowest BCUT2D eigenvalue weighted by Crippen LogP contribution is -2.17. The van der Waals surface area contributed by atoms with Crippen molar-refractivity contribution in [3.05, 3.63) is 72.2 Å². The van der Waals surface area contributed by atoms with Crippen LogP contribution in [0.1, 0.15) is 28.1 Å². The topological polar surface area (TPSA) is 90.5 Å². The highest BCUT2D eigenvalue weighted by Crippen LogP contribution is 2.33. The summed E-state index contributed by atoms with van der Waals surface area (Å²) >= 11 is 1.65. The molecule has 0 aliphatic heterocycles. The molecule has 1 amide bonds. The molecular weight excluding hydrogens is 398 g/mol. The van der Waals surface area contributed by atoms with Gasteiger partial charge in [-0.3, -0.25) is 4.79 Å². The van der Waals surface area contributed by atoms with Crippen molar-refractivity contribution in [3.8, 4) is 16.9 Å². The molecular formula is C21H21N7OS. The molecule has 1 atom stereocenters. The monoisotopic (exact) mass is 419 g/mol. The molecule has 2 heterocycles. The van der Waals surface area contributed by atoms with E-state index in [0.717, 1.165) is 27.7 Å². The summed E-state index contributed by atoms with van der Waals surface area (Å²) in [6, 6.07) is 15.4. The van der Waals surface area contributed by atoms with Gasteiger partial charge >= 0.3 is 0 Å². The third kappa shape index (κ3) is 4.11. The number of aryl methyl sites for hydroxylation is 1. The molecule has 0 saturated heterocycles. The van der Waals surface area contributed by atoms with Crippen molar-refractivity contribution in [1.82, 2.24) is 35.1 Å². The number of benzene rings is 2. The summed E-state index contributed by atoms with van der Waals surface area (Å²) in [6.45, 7) is 2.13. The van der Waals surface area contributed by atoms with Crippen LogP contribution in [0.3, 0.4) is 0 Å². The summed E-state index contributed by atoms with van der Waals surface area (Å²) in [7, 11) is 3.55. The van der Waals surface area contributed by atoms with Crippen LogP contribution in [0.15, 0.2) is 66.2 Å². The Labute approximate surface area is 178 Å². The second-order valence-electron chi connectivity index (χ2n) is 6.76. The molecule has 0 aliphatic rings. The van der Waals surface area contributed by atoms with Gasteiger partial charge in [-0.1, -0.05) is 36.0 Å². The molecule has 1 N–H and O–H groups in total. The lowest BCUT2D eigenvalue weighted by Gasteiger charge is -2.12. The molecule has 8 nitrogen and oxygen atoms in total. The van der Waals surface area contributed by atoms with Crippen molar-refractivity contribution in [1.29, 1.82) is 0 Å². The number of rotatable bonds is 6. The highest BCUT2D eigenvalue weighted by atomic mass is 32.2. The third-order valence-electron chi connectivity index (χ3n) is 4.68. The second kappa shape index (κ2) is 8.50. The number of aromatic nitrogens is 6. The lowest BCUT2D eigenvalue weighted by molar-refractivity contribution is 0.0963. The maximum Gasteiger partial charge on any atom is 0.251 e. The van der Waals surface area contributed by atoms with Gasteiger partial charge in [-0.2, -0.15) is 9.90 Å². The molecule has 152 valence electrons. The molecule has 0 saturated carbocycles. The van der Waals surface area contributed by atoms with Crippen molar-refractivity contribution in [3.63, 3.8) is 0 Å². The van der Waals surface area contributed by atoms with Crippen molar-refractivity contribution in [2.45, 2.75) is 17.3 Å². The molecule has 9 heteroatoms. The third-order valence-corrected chi connectivity index (χ3v) is 5.89. The van der Waals surface area contributed by atoms with Crippen LogP contribution in [-0.2, 0) is 7.05 Å². The fraction of sp³-hybridized carbons (Fsp3) is 0.190.